The number of aromatic nitrogens is 2. The summed E-state index contributed by atoms with van der Waals surface area (Å²) in [5.41, 5.74) is 2.69. The lowest BCUT2D eigenvalue weighted by Gasteiger charge is -2.10. The van der Waals surface area contributed by atoms with Crippen LogP contribution in [0.1, 0.15) is 11.1 Å². The number of H-pyrrole nitrogens is 1. The zero-order chi connectivity index (χ0) is 15.5. The van der Waals surface area contributed by atoms with Gasteiger partial charge in [0.2, 0.25) is 0 Å². The first-order chi connectivity index (χ1) is 10.6. The van der Waals surface area contributed by atoms with Crippen LogP contribution >= 0.6 is 11.6 Å². The summed E-state index contributed by atoms with van der Waals surface area (Å²) in [6, 6.07) is 13.0. The normalized spacial score (nSPS) is 10.6. The van der Waals surface area contributed by atoms with Crippen molar-refractivity contribution in [1.82, 2.24) is 10.1 Å². The van der Waals surface area contributed by atoms with Crippen molar-refractivity contribution in [3.63, 3.8) is 0 Å². The highest BCUT2D eigenvalue weighted by Gasteiger charge is 2.06. The van der Waals surface area contributed by atoms with Gasteiger partial charge in [-0.05, 0) is 42.3 Å². The Hall–Kier alpha value is -2.53. The number of benzene rings is 2. The van der Waals surface area contributed by atoms with Gasteiger partial charge in [-0.25, -0.2) is 4.79 Å². The van der Waals surface area contributed by atoms with Crippen molar-refractivity contribution in [2.45, 2.75) is 13.5 Å². The summed E-state index contributed by atoms with van der Waals surface area (Å²) in [5, 5.41) is 4.35. The second-order valence-electron chi connectivity index (χ2n) is 4.84. The molecule has 6 heteroatoms. The minimum absolute atomic E-state index is 0.398. The lowest BCUT2D eigenvalue weighted by molar-refractivity contribution is 0.304. The predicted molar refractivity (Wildman–Crippen MR) is 83.1 cm³/mol. The van der Waals surface area contributed by atoms with Gasteiger partial charge in [-0.15, -0.1) is 0 Å². The molecule has 0 aliphatic carbocycles. The van der Waals surface area contributed by atoms with Crippen molar-refractivity contribution in [3.8, 4) is 17.1 Å². The molecule has 0 saturated heterocycles. The second kappa shape index (κ2) is 6.07. The molecule has 5 nitrogen and oxygen atoms in total. The van der Waals surface area contributed by atoms with Crippen LogP contribution in [0.5, 0.6) is 5.75 Å². The number of aryl methyl sites for hydroxylation is 1. The van der Waals surface area contributed by atoms with Crippen molar-refractivity contribution in [2.75, 3.05) is 0 Å². The molecule has 2 aromatic carbocycles. The Morgan fingerprint density at radius 3 is 2.86 bits per heavy atom. The molecule has 0 fully saturated rings. The van der Waals surface area contributed by atoms with Crippen LogP contribution in [0.4, 0.5) is 0 Å². The Kier molecular flexibility index (Phi) is 3.98. The molecule has 0 saturated carbocycles. The van der Waals surface area contributed by atoms with Crippen molar-refractivity contribution < 1.29 is 9.26 Å². The highest BCUT2D eigenvalue weighted by atomic mass is 35.5. The zero-order valence-corrected chi connectivity index (χ0v) is 12.6. The molecule has 1 N–H and O–H groups in total. The fourth-order valence-corrected chi connectivity index (χ4v) is 2.33. The van der Waals surface area contributed by atoms with Gasteiger partial charge in [0, 0.05) is 10.6 Å². The first-order valence-electron chi connectivity index (χ1n) is 6.66. The number of rotatable bonds is 4. The van der Waals surface area contributed by atoms with Gasteiger partial charge in [-0.3, -0.25) is 9.51 Å². The molecule has 0 aliphatic heterocycles. The molecule has 0 radical (unpaired) electrons. The SMILES string of the molecule is Cc1cc(Cl)ccc1OCc1cccc(-c2noc(=O)[nH]2)c1. The lowest BCUT2D eigenvalue weighted by atomic mass is 10.1. The largest absolute Gasteiger partial charge is 0.489 e. The molecule has 1 heterocycles. The van der Waals surface area contributed by atoms with E-state index in [1.165, 1.54) is 0 Å². The molecule has 0 spiro atoms. The Labute approximate surface area is 131 Å². The molecule has 0 aliphatic rings. The van der Waals surface area contributed by atoms with Gasteiger partial charge < -0.3 is 4.74 Å². The van der Waals surface area contributed by atoms with Crippen molar-refractivity contribution >= 4 is 11.6 Å². The van der Waals surface area contributed by atoms with Crippen LogP contribution in [0.3, 0.4) is 0 Å². The quantitative estimate of drug-likeness (QED) is 0.799. The molecule has 0 unspecified atom stereocenters. The standard InChI is InChI=1S/C16H13ClN2O3/c1-10-7-13(17)5-6-14(10)21-9-11-3-2-4-12(8-11)15-18-16(20)22-19-15/h2-8H,9H2,1H3,(H,18,19,20). The molecular weight excluding hydrogens is 304 g/mol. The van der Waals surface area contributed by atoms with E-state index in [0.29, 0.717) is 17.5 Å². The molecule has 22 heavy (non-hydrogen) atoms. The molecule has 0 amide bonds. The number of ether oxygens (including phenoxy) is 1. The maximum Gasteiger partial charge on any atom is 0.439 e. The van der Waals surface area contributed by atoms with Gasteiger partial charge in [-0.2, -0.15) is 0 Å². The maximum atomic E-state index is 11.0. The van der Waals surface area contributed by atoms with Crippen LogP contribution in [-0.2, 0) is 6.61 Å². The Morgan fingerprint density at radius 2 is 2.14 bits per heavy atom. The predicted octanol–water partition coefficient (Wildman–Crippen LogP) is 3.57. The van der Waals surface area contributed by atoms with E-state index in [0.717, 1.165) is 22.4 Å². The molecule has 3 aromatic rings. The van der Waals surface area contributed by atoms with Gasteiger partial charge in [-0.1, -0.05) is 35.0 Å². The Morgan fingerprint density at radius 1 is 1.27 bits per heavy atom. The summed E-state index contributed by atoms with van der Waals surface area (Å²) in [7, 11) is 0. The molecule has 0 atom stereocenters. The van der Waals surface area contributed by atoms with Gasteiger partial charge in [0.05, 0.1) is 0 Å². The summed E-state index contributed by atoms with van der Waals surface area (Å²) < 4.78 is 10.3. The van der Waals surface area contributed by atoms with E-state index < -0.39 is 5.76 Å². The van der Waals surface area contributed by atoms with E-state index in [1.54, 1.807) is 6.07 Å². The Bertz CT molecular complexity index is 854. The number of nitrogens with zero attached hydrogens (tertiary/aromatic N) is 1. The maximum absolute atomic E-state index is 11.0. The highest BCUT2D eigenvalue weighted by Crippen LogP contribution is 2.23. The molecular formula is C16H13ClN2O3. The number of nitrogens with one attached hydrogen (secondary N) is 1. The fraction of sp³-hybridized carbons (Fsp3) is 0.125. The number of hydrogen-bond donors (Lipinski definition) is 1. The molecule has 112 valence electrons. The molecule has 0 bridgehead atoms. The van der Waals surface area contributed by atoms with E-state index in [2.05, 4.69) is 14.7 Å². The van der Waals surface area contributed by atoms with E-state index in [-0.39, 0.29) is 0 Å². The first kappa shape index (κ1) is 14.4. The van der Waals surface area contributed by atoms with Crippen molar-refractivity contribution in [3.05, 3.63) is 69.2 Å². The second-order valence-corrected chi connectivity index (χ2v) is 5.28. The van der Waals surface area contributed by atoms with E-state index in [1.807, 2.05) is 43.3 Å². The topological polar surface area (TPSA) is 68.1 Å². The summed E-state index contributed by atoms with van der Waals surface area (Å²) in [4.78, 5) is 13.5. The highest BCUT2D eigenvalue weighted by molar-refractivity contribution is 6.30. The third-order valence-electron chi connectivity index (χ3n) is 3.17. The third-order valence-corrected chi connectivity index (χ3v) is 3.41. The van der Waals surface area contributed by atoms with E-state index in [9.17, 15) is 4.79 Å². The van der Waals surface area contributed by atoms with Crippen LogP contribution in [-0.4, -0.2) is 10.1 Å². The van der Waals surface area contributed by atoms with Crippen LogP contribution < -0.4 is 10.5 Å². The van der Waals surface area contributed by atoms with Crippen LogP contribution in [0.15, 0.2) is 51.8 Å². The average Bonchev–Trinajstić information content (AvgIpc) is 2.93. The summed E-state index contributed by atoms with van der Waals surface area (Å²) in [6.45, 7) is 2.34. The summed E-state index contributed by atoms with van der Waals surface area (Å²) in [6.07, 6.45) is 0. The minimum atomic E-state index is -0.576. The summed E-state index contributed by atoms with van der Waals surface area (Å²) >= 11 is 5.92. The van der Waals surface area contributed by atoms with Gasteiger partial charge >= 0.3 is 5.76 Å². The van der Waals surface area contributed by atoms with Crippen molar-refractivity contribution in [1.29, 1.82) is 0 Å². The van der Waals surface area contributed by atoms with Crippen LogP contribution in [0.2, 0.25) is 5.02 Å². The first-order valence-corrected chi connectivity index (χ1v) is 7.04. The van der Waals surface area contributed by atoms with Crippen LogP contribution in [0, 0.1) is 6.92 Å². The lowest BCUT2D eigenvalue weighted by Crippen LogP contribution is -1.98. The van der Waals surface area contributed by atoms with E-state index in [4.69, 9.17) is 16.3 Å². The fourth-order valence-electron chi connectivity index (χ4n) is 2.10. The van der Waals surface area contributed by atoms with Gasteiger partial charge in [0.25, 0.3) is 0 Å². The zero-order valence-electron chi connectivity index (χ0n) is 11.8. The van der Waals surface area contributed by atoms with E-state index >= 15 is 0 Å². The number of aromatic amines is 1. The monoisotopic (exact) mass is 316 g/mol. The third kappa shape index (κ3) is 3.20. The number of halogens is 1. The molecule has 3 rings (SSSR count). The van der Waals surface area contributed by atoms with Gasteiger partial charge in [0.1, 0.15) is 12.4 Å². The average molecular weight is 317 g/mol. The van der Waals surface area contributed by atoms with Crippen LogP contribution in [0.25, 0.3) is 11.4 Å². The minimum Gasteiger partial charge on any atom is -0.489 e. The molecule has 1 aromatic heterocycles. The Balaban J connectivity index is 1.77. The van der Waals surface area contributed by atoms with Gasteiger partial charge in [0.15, 0.2) is 5.82 Å². The summed E-state index contributed by atoms with van der Waals surface area (Å²) in [5.74, 6) is 0.604. The number of hydrogen-bond acceptors (Lipinski definition) is 4. The van der Waals surface area contributed by atoms with Crippen molar-refractivity contribution in [2.24, 2.45) is 0 Å². The smallest absolute Gasteiger partial charge is 0.439 e.